The average molecular weight is 208 g/mol. The topological polar surface area (TPSA) is 42.7 Å². The summed E-state index contributed by atoms with van der Waals surface area (Å²) in [5.41, 5.74) is 0. The van der Waals surface area contributed by atoms with Crippen LogP contribution in [0.5, 0.6) is 0 Å². The number of piperidine rings is 1. The molecule has 0 saturated carbocycles. The predicted octanol–water partition coefficient (Wildman–Crippen LogP) is 1.23. The van der Waals surface area contributed by atoms with Gasteiger partial charge in [0, 0.05) is 25.9 Å². The van der Waals surface area contributed by atoms with E-state index in [1.54, 1.807) is 0 Å². The zero-order chi connectivity index (χ0) is 10.7. The van der Waals surface area contributed by atoms with E-state index in [4.69, 9.17) is 0 Å². The van der Waals surface area contributed by atoms with Crippen LogP contribution in [0.1, 0.15) is 43.8 Å². The van der Waals surface area contributed by atoms with Gasteiger partial charge in [-0.25, -0.2) is 4.98 Å². The van der Waals surface area contributed by atoms with Crippen LogP contribution in [0, 0.1) is 0 Å². The summed E-state index contributed by atoms with van der Waals surface area (Å²) in [4.78, 5) is 4.64. The lowest BCUT2D eigenvalue weighted by atomic mass is 9.99. The molecule has 84 valence electrons. The lowest BCUT2D eigenvalue weighted by Gasteiger charge is -2.21. The Kier molecular flexibility index (Phi) is 3.36. The molecule has 4 nitrogen and oxygen atoms in total. The van der Waals surface area contributed by atoms with Crippen LogP contribution in [0.3, 0.4) is 0 Å². The second-order valence-electron chi connectivity index (χ2n) is 4.30. The third-order valence-corrected chi connectivity index (χ3v) is 2.98. The Morgan fingerprint density at radius 1 is 1.53 bits per heavy atom. The number of nitrogens with one attached hydrogen (secondary N) is 1. The molecule has 1 fully saturated rings. The van der Waals surface area contributed by atoms with Gasteiger partial charge < -0.3 is 5.32 Å². The van der Waals surface area contributed by atoms with Crippen molar-refractivity contribution in [3.05, 3.63) is 11.6 Å². The predicted molar refractivity (Wildman–Crippen MR) is 59.8 cm³/mol. The van der Waals surface area contributed by atoms with Crippen molar-refractivity contribution in [2.24, 2.45) is 7.05 Å². The van der Waals surface area contributed by atoms with E-state index in [9.17, 15) is 0 Å². The largest absolute Gasteiger partial charge is 0.316 e. The van der Waals surface area contributed by atoms with Crippen LogP contribution >= 0.6 is 0 Å². The minimum Gasteiger partial charge on any atom is -0.316 e. The van der Waals surface area contributed by atoms with Crippen LogP contribution in [0.25, 0.3) is 0 Å². The molecule has 0 radical (unpaired) electrons. The Morgan fingerprint density at radius 3 is 3.07 bits per heavy atom. The van der Waals surface area contributed by atoms with Gasteiger partial charge in [-0.3, -0.25) is 4.68 Å². The summed E-state index contributed by atoms with van der Waals surface area (Å²) in [6.07, 6.45) is 4.60. The minimum atomic E-state index is 0.557. The summed E-state index contributed by atoms with van der Waals surface area (Å²) in [6, 6.07) is 0. The second-order valence-corrected chi connectivity index (χ2v) is 4.30. The number of aromatic nitrogens is 3. The number of nitrogens with zero attached hydrogens (tertiary/aromatic N) is 3. The first-order valence-corrected chi connectivity index (χ1v) is 5.91. The van der Waals surface area contributed by atoms with Crippen LogP contribution in [-0.2, 0) is 13.5 Å². The van der Waals surface area contributed by atoms with Gasteiger partial charge >= 0.3 is 0 Å². The van der Waals surface area contributed by atoms with Crippen molar-refractivity contribution in [1.82, 2.24) is 20.1 Å². The number of aryl methyl sites for hydroxylation is 2. The van der Waals surface area contributed by atoms with Gasteiger partial charge in [-0.05, 0) is 25.8 Å². The molecule has 4 heteroatoms. The zero-order valence-electron chi connectivity index (χ0n) is 9.66. The Hall–Kier alpha value is -0.900. The Labute approximate surface area is 91.1 Å². The van der Waals surface area contributed by atoms with Crippen LogP contribution in [0.4, 0.5) is 0 Å². The van der Waals surface area contributed by atoms with Gasteiger partial charge in [0.2, 0.25) is 0 Å². The molecular weight excluding hydrogens is 188 g/mol. The van der Waals surface area contributed by atoms with Crippen molar-refractivity contribution in [2.45, 2.75) is 38.5 Å². The molecule has 1 saturated heterocycles. The molecule has 2 rings (SSSR count). The van der Waals surface area contributed by atoms with Gasteiger partial charge in [-0.1, -0.05) is 6.92 Å². The minimum absolute atomic E-state index is 0.557. The highest BCUT2D eigenvalue weighted by atomic mass is 15.3. The van der Waals surface area contributed by atoms with Crippen molar-refractivity contribution in [3.8, 4) is 0 Å². The monoisotopic (exact) mass is 208 g/mol. The van der Waals surface area contributed by atoms with Gasteiger partial charge in [-0.15, -0.1) is 0 Å². The summed E-state index contributed by atoms with van der Waals surface area (Å²) in [7, 11) is 2.01. The van der Waals surface area contributed by atoms with E-state index in [1.807, 2.05) is 11.7 Å². The van der Waals surface area contributed by atoms with Crippen molar-refractivity contribution in [3.63, 3.8) is 0 Å². The fraction of sp³-hybridized carbons (Fsp3) is 0.818. The van der Waals surface area contributed by atoms with Crippen LogP contribution in [0.2, 0.25) is 0 Å². The summed E-state index contributed by atoms with van der Waals surface area (Å²) in [5, 5.41) is 7.87. The number of hydrogen-bond acceptors (Lipinski definition) is 3. The molecule has 0 aliphatic carbocycles. The maximum absolute atomic E-state index is 4.64. The number of hydrogen-bond donors (Lipinski definition) is 1. The molecule has 0 amide bonds. The fourth-order valence-electron chi connectivity index (χ4n) is 2.21. The van der Waals surface area contributed by atoms with Gasteiger partial charge in [-0.2, -0.15) is 5.10 Å². The highest BCUT2D eigenvalue weighted by Crippen LogP contribution is 2.21. The summed E-state index contributed by atoms with van der Waals surface area (Å²) < 4.78 is 1.96. The van der Waals surface area contributed by atoms with E-state index in [2.05, 4.69) is 22.3 Å². The molecule has 0 aromatic carbocycles. The van der Waals surface area contributed by atoms with Gasteiger partial charge in [0.15, 0.2) is 5.82 Å². The fourth-order valence-corrected chi connectivity index (χ4v) is 2.21. The maximum atomic E-state index is 4.64. The molecule has 1 N–H and O–H groups in total. The summed E-state index contributed by atoms with van der Waals surface area (Å²) in [6.45, 7) is 4.37. The first kappa shape index (κ1) is 10.6. The van der Waals surface area contributed by atoms with Crippen molar-refractivity contribution < 1.29 is 0 Å². The number of rotatable bonds is 3. The smallest absolute Gasteiger partial charge is 0.150 e. The van der Waals surface area contributed by atoms with E-state index in [-0.39, 0.29) is 0 Å². The van der Waals surface area contributed by atoms with Crippen LogP contribution in [-0.4, -0.2) is 27.9 Å². The Balaban J connectivity index is 2.11. The maximum Gasteiger partial charge on any atom is 0.150 e. The average Bonchev–Trinajstić information content (AvgIpc) is 2.61. The summed E-state index contributed by atoms with van der Waals surface area (Å²) >= 11 is 0. The molecule has 1 unspecified atom stereocenters. The Bertz CT molecular complexity index is 312. The van der Waals surface area contributed by atoms with Gasteiger partial charge in [0.1, 0.15) is 5.82 Å². The van der Waals surface area contributed by atoms with E-state index in [0.717, 1.165) is 37.6 Å². The van der Waals surface area contributed by atoms with E-state index >= 15 is 0 Å². The first-order valence-electron chi connectivity index (χ1n) is 5.91. The van der Waals surface area contributed by atoms with E-state index in [1.165, 1.54) is 12.8 Å². The molecule has 15 heavy (non-hydrogen) atoms. The second kappa shape index (κ2) is 4.75. The quantitative estimate of drug-likeness (QED) is 0.812. The molecule has 2 heterocycles. The first-order chi connectivity index (χ1) is 7.31. The lowest BCUT2D eigenvalue weighted by molar-refractivity contribution is 0.434. The Morgan fingerprint density at radius 2 is 2.40 bits per heavy atom. The third-order valence-electron chi connectivity index (χ3n) is 2.98. The highest BCUT2D eigenvalue weighted by molar-refractivity contribution is 5.02. The zero-order valence-corrected chi connectivity index (χ0v) is 9.66. The van der Waals surface area contributed by atoms with Gasteiger partial charge in [0.25, 0.3) is 0 Å². The van der Waals surface area contributed by atoms with Crippen molar-refractivity contribution >= 4 is 0 Å². The third kappa shape index (κ3) is 2.37. The molecule has 1 aliphatic rings. The molecule has 0 spiro atoms. The molecule has 0 bridgehead atoms. The van der Waals surface area contributed by atoms with E-state index in [0.29, 0.717) is 5.92 Å². The molecule has 1 aromatic heterocycles. The normalized spacial score (nSPS) is 21.9. The standard InChI is InChI=1S/C11H20N4/c1-3-5-10-13-11(15(2)14-10)9-6-4-7-12-8-9/h9,12H,3-8H2,1-2H3. The van der Waals surface area contributed by atoms with Gasteiger partial charge in [0.05, 0.1) is 0 Å². The molecule has 1 aromatic rings. The molecule has 1 aliphatic heterocycles. The van der Waals surface area contributed by atoms with Crippen LogP contribution < -0.4 is 5.32 Å². The molecular formula is C11H20N4. The molecule has 1 atom stereocenters. The van der Waals surface area contributed by atoms with Crippen LogP contribution in [0.15, 0.2) is 0 Å². The highest BCUT2D eigenvalue weighted by Gasteiger charge is 2.20. The lowest BCUT2D eigenvalue weighted by Crippen LogP contribution is -2.29. The SMILES string of the molecule is CCCc1nc(C2CCCNC2)n(C)n1. The van der Waals surface area contributed by atoms with Crippen molar-refractivity contribution in [1.29, 1.82) is 0 Å². The van der Waals surface area contributed by atoms with Crippen molar-refractivity contribution in [2.75, 3.05) is 13.1 Å². The van der Waals surface area contributed by atoms with E-state index < -0.39 is 0 Å². The summed E-state index contributed by atoms with van der Waals surface area (Å²) in [5.74, 6) is 2.72.